The van der Waals surface area contributed by atoms with E-state index in [9.17, 15) is 4.79 Å². The Morgan fingerprint density at radius 2 is 1.83 bits per heavy atom. The minimum atomic E-state index is 0.0356. The Balaban J connectivity index is 1.65. The van der Waals surface area contributed by atoms with E-state index in [2.05, 4.69) is 37.2 Å². The van der Waals surface area contributed by atoms with Gasteiger partial charge >= 0.3 is 0 Å². The second kappa shape index (κ2) is 8.21. The average Bonchev–Trinajstić information content (AvgIpc) is 3.35. The van der Waals surface area contributed by atoms with Crippen LogP contribution in [0.25, 0.3) is 11.1 Å². The molecule has 0 N–H and O–H groups in total. The number of nitrogens with zero attached hydrogens (tertiary/aromatic N) is 4. The van der Waals surface area contributed by atoms with Crippen LogP contribution in [0, 0.1) is 0 Å². The Hall–Kier alpha value is -2.92. The molecule has 4 rings (SSSR count). The van der Waals surface area contributed by atoms with Crippen LogP contribution in [0.1, 0.15) is 40.6 Å². The Bertz CT molecular complexity index is 993. The molecule has 1 aromatic heterocycles. The van der Waals surface area contributed by atoms with Gasteiger partial charge in [0.1, 0.15) is 0 Å². The maximum atomic E-state index is 13.6. The standard InChI is InChI=1S/C24H28N4O/c1-26(2)17-19-16-22(25-27(19)3)23-14-9-15-28(23)24(29)21-13-8-7-12-20(21)18-10-5-4-6-11-18/h4-8,10-13,16,23H,9,14-15,17H2,1-3H3/t23-/m0/s1. The van der Waals surface area contributed by atoms with E-state index in [1.807, 2.05) is 59.1 Å². The molecule has 0 aliphatic carbocycles. The molecule has 1 saturated heterocycles. The smallest absolute Gasteiger partial charge is 0.255 e. The van der Waals surface area contributed by atoms with Crippen LogP contribution >= 0.6 is 0 Å². The number of carbonyl (C=O) groups is 1. The van der Waals surface area contributed by atoms with Crippen molar-refractivity contribution in [2.45, 2.75) is 25.4 Å². The molecule has 1 aliphatic heterocycles. The van der Waals surface area contributed by atoms with Gasteiger partial charge in [0.25, 0.3) is 5.91 Å². The van der Waals surface area contributed by atoms with Crippen molar-refractivity contribution >= 4 is 5.91 Å². The first kappa shape index (κ1) is 19.4. The van der Waals surface area contributed by atoms with Gasteiger partial charge in [-0.1, -0.05) is 48.5 Å². The van der Waals surface area contributed by atoms with Gasteiger partial charge < -0.3 is 9.80 Å². The Morgan fingerprint density at radius 1 is 1.10 bits per heavy atom. The van der Waals surface area contributed by atoms with Gasteiger partial charge in [0.15, 0.2) is 0 Å². The van der Waals surface area contributed by atoms with Crippen molar-refractivity contribution < 1.29 is 4.79 Å². The third-order valence-electron chi connectivity index (χ3n) is 5.57. The van der Waals surface area contributed by atoms with Crippen LogP contribution in [0.2, 0.25) is 0 Å². The number of aryl methyl sites for hydroxylation is 1. The third-order valence-corrected chi connectivity index (χ3v) is 5.57. The fraction of sp³-hybridized carbons (Fsp3) is 0.333. The van der Waals surface area contributed by atoms with Crippen molar-refractivity contribution in [2.24, 2.45) is 7.05 Å². The molecule has 1 aliphatic rings. The Morgan fingerprint density at radius 3 is 2.59 bits per heavy atom. The molecule has 3 aromatic rings. The predicted octanol–water partition coefficient (Wildman–Crippen LogP) is 4.13. The van der Waals surface area contributed by atoms with Crippen LogP contribution in [0.5, 0.6) is 0 Å². The Kier molecular flexibility index (Phi) is 5.49. The Labute approximate surface area is 172 Å². The van der Waals surface area contributed by atoms with Crippen LogP contribution < -0.4 is 0 Å². The average molecular weight is 389 g/mol. The summed E-state index contributed by atoms with van der Waals surface area (Å²) < 4.78 is 1.94. The topological polar surface area (TPSA) is 41.4 Å². The van der Waals surface area contributed by atoms with Crippen molar-refractivity contribution in [2.75, 3.05) is 20.6 Å². The molecule has 0 radical (unpaired) electrons. The number of hydrogen-bond donors (Lipinski definition) is 0. The van der Waals surface area contributed by atoms with Gasteiger partial charge in [-0.2, -0.15) is 5.10 Å². The van der Waals surface area contributed by atoms with Crippen molar-refractivity contribution in [1.82, 2.24) is 19.6 Å². The molecule has 1 atom stereocenters. The van der Waals surface area contributed by atoms with Gasteiger partial charge in [0.05, 0.1) is 17.4 Å². The summed E-state index contributed by atoms with van der Waals surface area (Å²) in [5.41, 5.74) is 4.97. The zero-order valence-electron chi connectivity index (χ0n) is 17.4. The summed E-state index contributed by atoms with van der Waals surface area (Å²) in [6.07, 6.45) is 1.96. The minimum Gasteiger partial charge on any atom is -0.330 e. The molecular weight excluding hydrogens is 360 g/mol. The second-order valence-electron chi connectivity index (χ2n) is 7.99. The lowest BCUT2D eigenvalue weighted by Gasteiger charge is -2.24. The normalized spacial score (nSPS) is 16.6. The first-order valence-corrected chi connectivity index (χ1v) is 10.2. The van der Waals surface area contributed by atoms with E-state index in [1.165, 1.54) is 0 Å². The lowest BCUT2D eigenvalue weighted by molar-refractivity contribution is 0.0733. The van der Waals surface area contributed by atoms with E-state index in [0.29, 0.717) is 0 Å². The highest BCUT2D eigenvalue weighted by atomic mass is 16.2. The third kappa shape index (κ3) is 3.96. The van der Waals surface area contributed by atoms with E-state index in [0.717, 1.165) is 54.0 Å². The summed E-state index contributed by atoms with van der Waals surface area (Å²) in [6.45, 7) is 1.60. The van der Waals surface area contributed by atoms with E-state index in [1.54, 1.807) is 0 Å². The molecule has 29 heavy (non-hydrogen) atoms. The fourth-order valence-corrected chi connectivity index (χ4v) is 4.18. The molecule has 150 valence electrons. The highest BCUT2D eigenvalue weighted by molar-refractivity contribution is 6.01. The molecule has 1 fully saturated rings. The summed E-state index contributed by atoms with van der Waals surface area (Å²) in [7, 11) is 6.09. The van der Waals surface area contributed by atoms with Crippen molar-refractivity contribution in [3.05, 3.63) is 77.6 Å². The van der Waals surface area contributed by atoms with Gasteiger partial charge in [-0.05, 0) is 50.2 Å². The van der Waals surface area contributed by atoms with Crippen LogP contribution in [0.15, 0.2) is 60.7 Å². The van der Waals surface area contributed by atoms with Crippen molar-refractivity contribution in [3.63, 3.8) is 0 Å². The number of rotatable bonds is 5. The number of amides is 1. The van der Waals surface area contributed by atoms with E-state index in [4.69, 9.17) is 5.10 Å². The van der Waals surface area contributed by atoms with Crippen LogP contribution in [-0.2, 0) is 13.6 Å². The van der Waals surface area contributed by atoms with E-state index < -0.39 is 0 Å². The lowest BCUT2D eigenvalue weighted by Crippen LogP contribution is -2.31. The molecule has 0 spiro atoms. The van der Waals surface area contributed by atoms with Crippen LogP contribution in [0.4, 0.5) is 0 Å². The summed E-state index contributed by atoms with van der Waals surface area (Å²) in [6, 6.07) is 20.2. The van der Waals surface area contributed by atoms with Gasteiger partial charge in [0.2, 0.25) is 0 Å². The maximum Gasteiger partial charge on any atom is 0.255 e. The van der Waals surface area contributed by atoms with Crippen molar-refractivity contribution in [3.8, 4) is 11.1 Å². The number of likely N-dealkylation sites (tertiary alicyclic amines) is 1. The first-order valence-electron chi connectivity index (χ1n) is 10.2. The molecule has 2 heterocycles. The molecule has 2 aromatic carbocycles. The highest BCUT2D eigenvalue weighted by Crippen LogP contribution is 2.34. The minimum absolute atomic E-state index is 0.0356. The first-order chi connectivity index (χ1) is 14.0. The molecular formula is C24H28N4O. The van der Waals surface area contributed by atoms with Gasteiger partial charge in [0, 0.05) is 25.7 Å². The quantitative estimate of drug-likeness (QED) is 0.660. The highest BCUT2D eigenvalue weighted by Gasteiger charge is 2.33. The maximum absolute atomic E-state index is 13.6. The number of benzene rings is 2. The fourth-order valence-electron chi connectivity index (χ4n) is 4.18. The summed E-state index contributed by atoms with van der Waals surface area (Å²) in [4.78, 5) is 17.7. The second-order valence-corrected chi connectivity index (χ2v) is 7.99. The van der Waals surface area contributed by atoms with Crippen LogP contribution in [-0.4, -0.2) is 46.1 Å². The number of hydrogen-bond acceptors (Lipinski definition) is 3. The summed E-state index contributed by atoms with van der Waals surface area (Å²) in [5, 5.41) is 4.75. The zero-order valence-corrected chi connectivity index (χ0v) is 17.4. The van der Waals surface area contributed by atoms with Gasteiger partial charge in [-0.25, -0.2) is 0 Å². The SMILES string of the molecule is CN(C)Cc1cc([C@@H]2CCCN2C(=O)c2ccccc2-c2ccccc2)nn1C. The predicted molar refractivity (Wildman–Crippen MR) is 115 cm³/mol. The molecule has 5 nitrogen and oxygen atoms in total. The van der Waals surface area contributed by atoms with Crippen molar-refractivity contribution in [1.29, 1.82) is 0 Å². The van der Waals surface area contributed by atoms with Gasteiger partial charge in [-0.3, -0.25) is 9.48 Å². The monoisotopic (exact) mass is 388 g/mol. The molecule has 0 bridgehead atoms. The van der Waals surface area contributed by atoms with E-state index in [-0.39, 0.29) is 11.9 Å². The number of carbonyl (C=O) groups excluding carboxylic acids is 1. The zero-order chi connectivity index (χ0) is 20.4. The van der Waals surface area contributed by atoms with Gasteiger partial charge in [-0.15, -0.1) is 0 Å². The molecule has 0 unspecified atom stereocenters. The largest absolute Gasteiger partial charge is 0.330 e. The van der Waals surface area contributed by atoms with Crippen LogP contribution in [0.3, 0.4) is 0 Å². The molecule has 0 saturated carbocycles. The lowest BCUT2D eigenvalue weighted by atomic mass is 9.98. The number of aromatic nitrogens is 2. The summed E-state index contributed by atoms with van der Waals surface area (Å²) in [5.74, 6) is 0.0896. The molecule has 1 amide bonds. The summed E-state index contributed by atoms with van der Waals surface area (Å²) >= 11 is 0. The molecule has 5 heteroatoms. The van der Waals surface area contributed by atoms with E-state index >= 15 is 0 Å².